The van der Waals surface area contributed by atoms with Crippen molar-refractivity contribution >= 4 is 16.6 Å². The summed E-state index contributed by atoms with van der Waals surface area (Å²) in [6.45, 7) is 2.73. The lowest BCUT2D eigenvalue weighted by atomic mass is 10.0. The van der Waals surface area contributed by atoms with Crippen LogP contribution in [0, 0.1) is 10.1 Å². The van der Waals surface area contributed by atoms with Gasteiger partial charge in [-0.05, 0) is 17.2 Å². The molecule has 0 radical (unpaired) electrons. The lowest BCUT2D eigenvalue weighted by Crippen LogP contribution is -2.29. The summed E-state index contributed by atoms with van der Waals surface area (Å²) in [7, 11) is 0. The number of nitrogens with zero attached hydrogens (tertiary/aromatic N) is 2. The number of rotatable bonds is 3. The van der Waals surface area contributed by atoms with Crippen LogP contribution in [0.25, 0.3) is 10.9 Å². The van der Waals surface area contributed by atoms with Crippen molar-refractivity contribution in [3.63, 3.8) is 0 Å². The molecule has 4 rings (SSSR count). The van der Waals surface area contributed by atoms with Crippen LogP contribution in [0.3, 0.4) is 0 Å². The molecule has 0 saturated heterocycles. The van der Waals surface area contributed by atoms with Gasteiger partial charge < -0.3 is 4.98 Å². The average Bonchev–Trinajstić information content (AvgIpc) is 2.93. The summed E-state index contributed by atoms with van der Waals surface area (Å²) in [4.78, 5) is 16.5. The van der Waals surface area contributed by atoms with Crippen molar-refractivity contribution in [3.8, 4) is 0 Å². The van der Waals surface area contributed by atoms with Gasteiger partial charge >= 0.3 is 0 Å². The molecule has 0 unspecified atom stereocenters. The lowest BCUT2D eigenvalue weighted by molar-refractivity contribution is -0.384. The van der Waals surface area contributed by atoms with Crippen molar-refractivity contribution in [2.24, 2.45) is 0 Å². The second-order valence-electron chi connectivity index (χ2n) is 6.02. The molecule has 0 fully saturated rings. The third kappa shape index (κ3) is 2.59. The van der Waals surface area contributed by atoms with E-state index in [2.05, 4.69) is 34.1 Å². The number of nitro benzene ring substituents is 1. The fourth-order valence-electron chi connectivity index (χ4n) is 3.35. The maximum atomic E-state index is 11.0. The van der Waals surface area contributed by atoms with Gasteiger partial charge in [0.1, 0.15) is 0 Å². The SMILES string of the molecule is O=[N+]([O-])c1ccc2[nH]c3c(c2c1)CN(Cc1ccccc1)CC3. The molecule has 1 N–H and O–H groups in total. The van der Waals surface area contributed by atoms with E-state index in [-0.39, 0.29) is 10.6 Å². The van der Waals surface area contributed by atoms with E-state index in [0.29, 0.717) is 0 Å². The van der Waals surface area contributed by atoms with Crippen molar-refractivity contribution in [3.05, 3.63) is 75.5 Å². The van der Waals surface area contributed by atoms with E-state index in [0.717, 1.165) is 37.0 Å². The van der Waals surface area contributed by atoms with Crippen molar-refractivity contribution in [1.82, 2.24) is 9.88 Å². The van der Waals surface area contributed by atoms with Crippen LogP contribution < -0.4 is 0 Å². The third-order valence-electron chi connectivity index (χ3n) is 4.50. The van der Waals surface area contributed by atoms with Gasteiger partial charge in [0.25, 0.3) is 5.69 Å². The summed E-state index contributed by atoms with van der Waals surface area (Å²) >= 11 is 0. The Morgan fingerprint density at radius 1 is 1.17 bits per heavy atom. The van der Waals surface area contributed by atoms with Crippen molar-refractivity contribution < 1.29 is 4.92 Å². The molecule has 0 atom stereocenters. The first-order chi connectivity index (χ1) is 11.2. The summed E-state index contributed by atoms with van der Waals surface area (Å²) < 4.78 is 0. The normalized spacial score (nSPS) is 14.8. The Balaban J connectivity index is 1.66. The summed E-state index contributed by atoms with van der Waals surface area (Å²) in [5.41, 5.74) is 4.85. The second kappa shape index (κ2) is 5.52. The molecule has 5 nitrogen and oxygen atoms in total. The predicted molar refractivity (Wildman–Crippen MR) is 89.2 cm³/mol. The molecular formula is C18H17N3O2. The van der Waals surface area contributed by atoms with Gasteiger partial charge in [-0.1, -0.05) is 30.3 Å². The maximum Gasteiger partial charge on any atom is 0.270 e. The smallest absolute Gasteiger partial charge is 0.270 e. The lowest BCUT2D eigenvalue weighted by Gasteiger charge is -2.27. The highest BCUT2D eigenvalue weighted by Crippen LogP contribution is 2.30. The Kier molecular flexibility index (Phi) is 3.35. The highest BCUT2D eigenvalue weighted by Gasteiger charge is 2.22. The van der Waals surface area contributed by atoms with Crippen LogP contribution in [0.2, 0.25) is 0 Å². The largest absolute Gasteiger partial charge is 0.358 e. The number of non-ortho nitro benzene ring substituents is 1. The maximum absolute atomic E-state index is 11.0. The van der Waals surface area contributed by atoms with Gasteiger partial charge in [-0.25, -0.2) is 0 Å². The number of nitro groups is 1. The Bertz CT molecular complexity index is 871. The third-order valence-corrected chi connectivity index (χ3v) is 4.50. The fraction of sp³-hybridized carbons (Fsp3) is 0.222. The molecule has 0 bridgehead atoms. The number of aromatic nitrogens is 1. The van der Waals surface area contributed by atoms with Gasteiger partial charge in [0.05, 0.1) is 4.92 Å². The van der Waals surface area contributed by atoms with Crippen LogP contribution in [-0.4, -0.2) is 21.4 Å². The number of hydrogen-bond donors (Lipinski definition) is 1. The van der Waals surface area contributed by atoms with Crippen LogP contribution in [0.1, 0.15) is 16.8 Å². The minimum atomic E-state index is -0.330. The summed E-state index contributed by atoms with van der Waals surface area (Å²) in [6, 6.07) is 15.5. The molecule has 0 saturated carbocycles. The minimum absolute atomic E-state index is 0.152. The number of hydrogen-bond acceptors (Lipinski definition) is 3. The van der Waals surface area contributed by atoms with Crippen LogP contribution in [0.15, 0.2) is 48.5 Å². The zero-order valence-corrected chi connectivity index (χ0v) is 12.7. The molecule has 2 heterocycles. The van der Waals surface area contributed by atoms with Gasteiger partial charge in [-0.2, -0.15) is 0 Å². The molecule has 1 aliphatic rings. The second-order valence-corrected chi connectivity index (χ2v) is 6.02. The van der Waals surface area contributed by atoms with Crippen molar-refractivity contribution in [2.45, 2.75) is 19.5 Å². The van der Waals surface area contributed by atoms with Gasteiger partial charge in [0.15, 0.2) is 0 Å². The topological polar surface area (TPSA) is 62.2 Å². The molecular weight excluding hydrogens is 290 g/mol. The summed E-state index contributed by atoms with van der Waals surface area (Å²) in [6.07, 6.45) is 0.949. The molecule has 116 valence electrons. The number of nitrogens with one attached hydrogen (secondary N) is 1. The Morgan fingerprint density at radius 2 is 2.00 bits per heavy atom. The van der Waals surface area contributed by atoms with Crippen LogP contribution in [0.4, 0.5) is 5.69 Å². The molecule has 23 heavy (non-hydrogen) atoms. The van der Waals surface area contributed by atoms with Crippen LogP contribution in [-0.2, 0) is 19.5 Å². The van der Waals surface area contributed by atoms with Crippen LogP contribution in [0.5, 0.6) is 0 Å². The van der Waals surface area contributed by atoms with Crippen LogP contribution >= 0.6 is 0 Å². The molecule has 0 spiro atoms. The summed E-state index contributed by atoms with van der Waals surface area (Å²) in [5.74, 6) is 0. The van der Waals surface area contributed by atoms with E-state index >= 15 is 0 Å². The minimum Gasteiger partial charge on any atom is -0.358 e. The Labute approximate surface area is 133 Å². The van der Waals surface area contributed by atoms with E-state index in [4.69, 9.17) is 0 Å². The highest BCUT2D eigenvalue weighted by molar-refractivity contribution is 5.87. The van der Waals surface area contributed by atoms with Gasteiger partial charge in [0.2, 0.25) is 0 Å². The zero-order chi connectivity index (χ0) is 15.8. The fourth-order valence-corrected chi connectivity index (χ4v) is 3.35. The standard InChI is InChI=1S/C18H17N3O2/c22-21(23)14-6-7-17-15(10-14)16-12-20(9-8-18(16)19-17)11-13-4-2-1-3-5-13/h1-7,10,19H,8-9,11-12H2. The van der Waals surface area contributed by atoms with Gasteiger partial charge in [-0.15, -0.1) is 0 Å². The molecule has 2 aromatic carbocycles. The van der Waals surface area contributed by atoms with E-state index in [1.807, 2.05) is 12.1 Å². The van der Waals surface area contributed by atoms with E-state index in [9.17, 15) is 10.1 Å². The Hall–Kier alpha value is -2.66. The number of benzene rings is 2. The Morgan fingerprint density at radius 3 is 2.78 bits per heavy atom. The molecule has 1 aliphatic heterocycles. The van der Waals surface area contributed by atoms with E-state index < -0.39 is 0 Å². The van der Waals surface area contributed by atoms with Crippen molar-refractivity contribution in [2.75, 3.05) is 6.54 Å². The number of aromatic amines is 1. The van der Waals surface area contributed by atoms with Gasteiger partial charge in [0, 0.05) is 54.8 Å². The molecule has 1 aromatic heterocycles. The first-order valence-electron chi connectivity index (χ1n) is 7.75. The van der Waals surface area contributed by atoms with E-state index in [1.165, 1.54) is 16.8 Å². The van der Waals surface area contributed by atoms with Crippen molar-refractivity contribution in [1.29, 1.82) is 0 Å². The van der Waals surface area contributed by atoms with Gasteiger partial charge in [-0.3, -0.25) is 15.0 Å². The quantitative estimate of drug-likeness (QED) is 0.593. The van der Waals surface area contributed by atoms with E-state index in [1.54, 1.807) is 12.1 Å². The first kappa shape index (κ1) is 14.0. The molecule has 0 aliphatic carbocycles. The molecule has 0 amide bonds. The average molecular weight is 307 g/mol. The first-order valence-corrected chi connectivity index (χ1v) is 7.75. The zero-order valence-electron chi connectivity index (χ0n) is 12.7. The number of H-pyrrole nitrogens is 1. The number of fused-ring (bicyclic) bond motifs is 3. The predicted octanol–water partition coefficient (Wildman–Crippen LogP) is 3.63. The molecule has 5 heteroatoms. The summed E-state index contributed by atoms with van der Waals surface area (Å²) in [5, 5.41) is 12.0. The molecule has 3 aromatic rings. The monoisotopic (exact) mass is 307 g/mol. The highest BCUT2D eigenvalue weighted by atomic mass is 16.6.